The summed E-state index contributed by atoms with van der Waals surface area (Å²) in [5.41, 5.74) is 2.39. The molecule has 0 bridgehead atoms. The lowest BCUT2D eigenvalue weighted by Gasteiger charge is -2.13. The van der Waals surface area contributed by atoms with Gasteiger partial charge in [-0.3, -0.25) is 4.79 Å². The summed E-state index contributed by atoms with van der Waals surface area (Å²) >= 11 is 0. The van der Waals surface area contributed by atoms with Gasteiger partial charge >= 0.3 is 0 Å². The fraction of sp³-hybridized carbons (Fsp3) is 0.333. The molecule has 3 rings (SSSR count). The third-order valence-corrected chi connectivity index (χ3v) is 4.48. The molecule has 2 heterocycles. The molecule has 1 aromatic carbocycles. The number of aliphatic imine (C=N–C) groups is 1. The van der Waals surface area contributed by atoms with Crippen LogP contribution in [0.25, 0.3) is 10.9 Å². The number of carbonyl (C=O) groups excluding carboxylic acids is 1. The monoisotopic (exact) mass is 509 g/mol. The fourth-order valence-electron chi connectivity index (χ4n) is 2.88. The van der Waals surface area contributed by atoms with Gasteiger partial charge in [-0.2, -0.15) is 0 Å². The third kappa shape index (κ3) is 6.81. The van der Waals surface area contributed by atoms with Crippen LogP contribution in [0.5, 0.6) is 0 Å². The van der Waals surface area contributed by atoms with Crippen LogP contribution in [0.15, 0.2) is 58.3 Å². The fourth-order valence-corrected chi connectivity index (χ4v) is 2.88. The molecule has 2 aromatic heterocycles. The Bertz CT molecular complexity index is 918. The SMILES string of the molecule is CN(C)C(=O)CN=C(NCCc1ccco1)NCCc1c[nH]c2ccccc12.I. The van der Waals surface area contributed by atoms with E-state index in [1.807, 2.05) is 30.5 Å². The Kier molecular flexibility index (Phi) is 9.04. The maximum Gasteiger partial charge on any atom is 0.243 e. The van der Waals surface area contributed by atoms with E-state index in [0.717, 1.165) is 24.1 Å². The Balaban J connectivity index is 0.00000300. The van der Waals surface area contributed by atoms with Crippen molar-refractivity contribution in [3.63, 3.8) is 0 Å². The second-order valence-corrected chi connectivity index (χ2v) is 6.75. The number of aromatic nitrogens is 1. The third-order valence-electron chi connectivity index (χ3n) is 4.48. The summed E-state index contributed by atoms with van der Waals surface area (Å²) in [7, 11) is 3.46. The van der Waals surface area contributed by atoms with Gasteiger partial charge in [0.1, 0.15) is 12.3 Å². The summed E-state index contributed by atoms with van der Waals surface area (Å²) in [6, 6.07) is 12.1. The van der Waals surface area contributed by atoms with Gasteiger partial charge in [0.25, 0.3) is 0 Å². The summed E-state index contributed by atoms with van der Waals surface area (Å²) in [5.74, 6) is 1.50. The van der Waals surface area contributed by atoms with E-state index in [9.17, 15) is 4.79 Å². The quantitative estimate of drug-likeness (QED) is 0.248. The van der Waals surface area contributed by atoms with Gasteiger partial charge in [0.05, 0.1) is 6.26 Å². The van der Waals surface area contributed by atoms with E-state index >= 15 is 0 Å². The van der Waals surface area contributed by atoms with Crippen LogP contribution < -0.4 is 10.6 Å². The van der Waals surface area contributed by atoms with Crippen LogP contribution in [0, 0.1) is 0 Å². The number of rotatable bonds is 8. The number of guanidine groups is 1. The maximum absolute atomic E-state index is 11.9. The first-order valence-corrected chi connectivity index (χ1v) is 9.43. The lowest BCUT2D eigenvalue weighted by atomic mass is 10.1. The molecule has 0 unspecified atom stereocenters. The standard InChI is InChI=1S/C21H27N5O2.HI/c1-26(2)20(27)15-25-21(23-12-10-17-6-5-13-28-17)22-11-9-16-14-24-19-8-4-3-7-18(16)19;/h3-8,13-14,24H,9-12,15H2,1-2H3,(H2,22,23,25);1H. The van der Waals surface area contributed by atoms with Crippen molar-refractivity contribution in [2.75, 3.05) is 33.7 Å². The molecular weight excluding hydrogens is 481 g/mol. The molecule has 0 aliphatic heterocycles. The summed E-state index contributed by atoms with van der Waals surface area (Å²) < 4.78 is 5.35. The van der Waals surface area contributed by atoms with Gasteiger partial charge in [0.15, 0.2) is 5.96 Å². The Morgan fingerprint density at radius 2 is 1.86 bits per heavy atom. The molecule has 0 fully saturated rings. The van der Waals surface area contributed by atoms with Crippen LogP contribution >= 0.6 is 24.0 Å². The van der Waals surface area contributed by atoms with Gasteiger partial charge in [-0.1, -0.05) is 18.2 Å². The average Bonchev–Trinajstić information content (AvgIpc) is 3.35. The zero-order chi connectivity index (χ0) is 19.8. The number of carbonyl (C=O) groups is 1. The van der Waals surface area contributed by atoms with Crippen LogP contribution in [0.3, 0.4) is 0 Å². The smallest absolute Gasteiger partial charge is 0.243 e. The van der Waals surface area contributed by atoms with Crippen molar-refractivity contribution in [3.8, 4) is 0 Å². The second-order valence-electron chi connectivity index (χ2n) is 6.75. The number of nitrogens with one attached hydrogen (secondary N) is 3. The Morgan fingerprint density at radius 1 is 1.10 bits per heavy atom. The summed E-state index contributed by atoms with van der Waals surface area (Å²) in [6.07, 6.45) is 5.31. The molecule has 3 aromatic rings. The molecule has 0 atom stereocenters. The normalized spacial score (nSPS) is 11.2. The van der Waals surface area contributed by atoms with E-state index in [4.69, 9.17) is 4.42 Å². The van der Waals surface area contributed by atoms with E-state index in [1.54, 1.807) is 20.4 Å². The molecule has 1 amide bonds. The number of amides is 1. The van der Waals surface area contributed by atoms with E-state index in [0.29, 0.717) is 19.0 Å². The number of halogens is 1. The number of benzene rings is 1. The molecule has 0 aliphatic carbocycles. The number of hydrogen-bond acceptors (Lipinski definition) is 3. The van der Waals surface area contributed by atoms with Gasteiger partial charge in [0.2, 0.25) is 5.91 Å². The van der Waals surface area contributed by atoms with E-state index < -0.39 is 0 Å². The Hall–Kier alpha value is -2.49. The lowest BCUT2D eigenvalue weighted by Crippen LogP contribution is -2.40. The van der Waals surface area contributed by atoms with Crippen molar-refractivity contribution in [1.29, 1.82) is 0 Å². The number of aromatic amines is 1. The highest BCUT2D eigenvalue weighted by Crippen LogP contribution is 2.17. The van der Waals surface area contributed by atoms with Crippen molar-refractivity contribution >= 4 is 46.7 Å². The first kappa shape index (κ1) is 22.8. The van der Waals surface area contributed by atoms with Gasteiger partial charge < -0.3 is 24.9 Å². The highest BCUT2D eigenvalue weighted by Gasteiger charge is 2.06. The highest BCUT2D eigenvalue weighted by molar-refractivity contribution is 14.0. The molecule has 0 saturated heterocycles. The zero-order valence-corrected chi connectivity index (χ0v) is 19.1. The van der Waals surface area contributed by atoms with Crippen molar-refractivity contribution in [2.45, 2.75) is 12.8 Å². The number of nitrogens with zero attached hydrogens (tertiary/aromatic N) is 2. The van der Waals surface area contributed by atoms with E-state index in [-0.39, 0.29) is 36.4 Å². The highest BCUT2D eigenvalue weighted by atomic mass is 127. The molecule has 7 nitrogen and oxygen atoms in total. The topological polar surface area (TPSA) is 85.7 Å². The molecule has 29 heavy (non-hydrogen) atoms. The van der Waals surface area contributed by atoms with Crippen LogP contribution in [0.1, 0.15) is 11.3 Å². The first-order valence-electron chi connectivity index (χ1n) is 9.43. The minimum Gasteiger partial charge on any atom is -0.469 e. The number of furan rings is 1. The molecule has 0 aliphatic rings. The van der Waals surface area contributed by atoms with Gasteiger partial charge in [-0.25, -0.2) is 4.99 Å². The number of hydrogen-bond donors (Lipinski definition) is 3. The van der Waals surface area contributed by atoms with Gasteiger partial charge in [-0.05, 0) is 30.2 Å². The lowest BCUT2D eigenvalue weighted by molar-refractivity contribution is -0.127. The predicted octanol–water partition coefficient (Wildman–Crippen LogP) is 2.79. The zero-order valence-electron chi connectivity index (χ0n) is 16.8. The Labute approximate surface area is 188 Å². The molecule has 0 saturated carbocycles. The molecule has 156 valence electrons. The van der Waals surface area contributed by atoms with Gasteiger partial charge in [0, 0.05) is 50.7 Å². The van der Waals surface area contributed by atoms with Crippen LogP contribution in [-0.4, -0.2) is 55.5 Å². The molecular formula is C21H28IN5O2. The van der Waals surface area contributed by atoms with Crippen molar-refractivity contribution in [1.82, 2.24) is 20.5 Å². The van der Waals surface area contributed by atoms with Crippen molar-refractivity contribution in [2.24, 2.45) is 4.99 Å². The maximum atomic E-state index is 11.9. The van der Waals surface area contributed by atoms with Crippen LogP contribution in [-0.2, 0) is 17.6 Å². The number of fused-ring (bicyclic) bond motifs is 1. The number of para-hydroxylation sites is 1. The summed E-state index contributed by atoms with van der Waals surface area (Å²) in [5, 5.41) is 7.82. The predicted molar refractivity (Wildman–Crippen MR) is 127 cm³/mol. The first-order chi connectivity index (χ1) is 13.6. The number of likely N-dealkylation sites (N-methyl/N-ethyl adjacent to an activating group) is 1. The largest absolute Gasteiger partial charge is 0.469 e. The van der Waals surface area contributed by atoms with E-state index in [1.165, 1.54) is 15.8 Å². The molecule has 0 spiro atoms. The molecule has 3 N–H and O–H groups in total. The van der Waals surface area contributed by atoms with E-state index in [2.05, 4.69) is 32.7 Å². The summed E-state index contributed by atoms with van der Waals surface area (Å²) in [6.45, 7) is 1.49. The molecule has 0 radical (unpaired) electrons. The van der Waals surface area contributed by atoms with Crippen molar-refractivity contribution in [3.05, 3.63) is 60.2 Å². The van der Waals surface area contributed by atoms with Crippen LogP contribution in [0.4, 0.5) is 0 Å². The Morgan fingerprint density at radius 3 is 2.59 bits per heavy atom. The minimum absolute atomic E-state index is 0. The molecule has 8 heteroatoms. The average molecular weight is 509 g/mol. The minimum atomic E-state index is -0.0382. The van der Waals surface area contributed by atoms with Gasteiger partial charge in [-0.15, -0.1) is 24.0 Å². The number of H-pyrrole nitrogens is 1. The summed E-state index contributed by atoms with van der Waals surface area (Å²) in [4.78, 5) is 21.1. The van der Waals surface area contributed by atoms with Crippen LogP contribution in [0.2, 0.25) is 0 Å². The van der Waals surface area contributed by atoms with Crippen molar-refractivity contribution < 1.29 is 9.21 Å². The second kappa shape index (κ2) is 11.5.